The molecular formula is C20H26O4S. The van der Waals surface area contributed by atoms with Gasteiger partial charge in [-0.2, -0.15) is 0 Å². The van der Waals surface area contributed by atoms with Gasteiger partial charge in [0.1, 0.15) is 21.3 Å². The maximum Gasteiger partial charge on any atom is 0.213 e. The van der Waals surface area contributed by atoms with Gasteiger partial charge in [0.2, 0.25) is 9.84 Å². The molecule has 0 radical (unpaired) electrons. The van der Waals surface area contributed by atoms with E-state index in [1.807, 2.05) is 0 Å². The van der Waals surface area contributed by atoms with Crippen molar-refractivity contribution in [1.82, 2.24) is 0 Å². The Morgan fingerprint density at radius 2 is 1.12 bits per heavy atom. The van der Waals surface area contributed by atoms with Gasteiger partial charge in [0, 0.05) is 0 Å². The van der Waals surface area contributed by atoms with Crippen molar-refractivity contribution in [3.63, 3.8) is 0 Å². The molecule has 0 unspecified atom stereocenters. The molecule has 2 rings (SSSR count). The number of ether oxygens (including phenoxy) is 2. The fourth-order valence-electron chi connectivity index (χ4n) is 2.35. The normalized spacial score (nSPS) is 11.3. The largest absolute Gasteiger partial charge is 0.492 e. The highest BCUT2D eigenvalue weighted by Crippen LogP contribution is 2.34. The van der Waals surface area contributed by atoms with Crippen LogP contribution in [0.3, 0.4) is 0 Å². The van der Waals surface area contributed by atoms with Crippen LogP contribution in [0.1, 0.15) is 39.5 Å². The molecule has 136 valence electrons. The molecule has 4 nitrogen and oxygen atoms in total. The van der Waals surface area contributed by atoms with E-state index in [2.05, 4.69) is 13.8 Å². The second-order valence-electron chi connectivity index (χ2n) is 5.80. The zero-order valence-corrected chi connectivity index (χ0v) is 15.7. The fourth-order valence-corrected chi connectivity index (χ4v) is 3.89. The van der Waals surface area contributed by atoms with Crippen molar-refractivity contribution >= 4 is 9.84 Å². The van der Waals surface area contributed by atoms with Crippen LogP contribution in [0.25, 0.3) is 0 Å². The van der Waals surface area contributed by atoms with Crippen LogP contribution in [0.2, 0.25) is 0 Å². The minimum absolute atomic E-state index is 0.178. The molecule has 0 N–H and O–H groups in total. The predicted molar refractivity (Wildman–Crippen MR) is 99.1 cm³/mol. The van der Waals surface area contributed by atoms with Gasteiger partial charge in [0.25, 0.3) is 0 Å². The summed E-state index contributed by atoms with van der Waals surface area (Å²) in [5, 5.41) is 0. The molecule has 0 amide bonds. The highest BCUT2D eigenvalue weighted by molar-refractivity contribution is 7.91. The molecule has 0 aliphatic heterocycles. The molecule has 0 heterocycles. The first-order valence-corrected chi connectivity index (χ1v) is 10.3. The van der Waals surface area contributed by atoms with Gasteiger partial charge in [-0.3, -0.25) is 0 Å². The van der Waals surface area contributed by atoms with E-state index >= 15 is 0 Å². The number of hydrogen-bond acceptors (Lipinski definition) is 4. The predicted octanol–water partition coefficient (Wildman–Crippen LogP) is 4.88. The third-order valence-corrected chi connectivity index (χ3v) is 5.62. The average Bonchev–Trinajstić information content (AvgIpc) is 2.63. The maximum atomic E-state index is 13.2. The molecular weight excluding hydrogens is 336 g/mol. The van der Waals surface area contributed by atoms with Gasteiger partial charge in [-0.1, -0.05) is 51.0 Å². The van der Waals surface area contributed by atoms with E-state index in [0.717, 1.165) is 25.7 Å². The molecule has 25 heavy (non-hydrogen) atoms. The quantitative estimate of drug-likeness (QED) is 0.565. The van der Waals surface area contributed by atoms with Crippen molar-refractivity contribution in [1.29, 1.82) is 0 Å². The number of rotatable bonds is 10. The molecule has 0 atom stereocenters. The van der Waals surface area contributed by atoms with E-state index < -0.39 is 9.84 Å². The molecule has 0 aliphatic rings. The Hall–Kier alpha value is -2.01. The van der Waals surface area contributed by atoms with Crippen LogP contribution in [0.5, 0.6) is 11.5 Å². The number of para-hydroxylation sites is 2. The van der Waals surface area contributed by atoms with Gasteiger partial charge in [-0.05, 0) is 37.1 Å². The van der Waals surface area contributed by atoms with Crippen molar-refractivity contribution in [3.8, 4) is 11.5 Å². The van der Waals surface area contributed by atoms with Crippen LogP contribution in [0.15, 0.2) is 58.3 Å². The summed E-state index contributed by atoms with van der Waals surface area (Å²) in [6.07, 6.45) is 3.74. The number of hydrogen-bond donors (Lipinski definition) is 0. The molecule has 2 aromatic carbocycles. The summed E-state index contributed by atoms with van der Waals surface area (Å²) in [5.41, 5.74) is 0. The molecule has 0 aromatic heterocycles. The smallest absolute Gasteiger partial charge is 0.213 e. The Morgan fingerprint density at radius 1 is 0.720 bits per heavy atom. The number of unbranched alkanes of at least 4 members (excludes halogenated alkanes) is 2. The fraction of sp³-hybridized carbons (Fsp3) is 0.400. The SMILES string of the molecule is CCCCOc1ccccc1S(=O)(=O)c1ccccc1OCCCC. The van der Waals surface area contributed by atoms with Gasteiger partial charge in [0.15, 0.2) is 0 Å². The van der Waals surface area contributed by atoms with Gasteiger partial charge in [-0.15, -0.1) is 0 Å². The maximum absolute atomic E-state index is 13.2. The molecule has 5 heteroatoms. The van der Waals surface area contributed by atoms with Crippen LogP contribution >= 0.6 is 0 Å². The Labute approximate surface area is 150 Å². The first-order chi connectivity index (χ1) is 12.1. The first kappa shape index (κ1) is 19.3. The average molecular weight is 362 g/mol. The Morgan fingerprint density at radius 3 is 1.52 bits per heavy atom. The Balaban J connectivity index is 2.36. The van der Waals surface area contributed by atoms with Gasteiger partial charge < -0.3 is 9.47 Å². The molecule has 0 saturated heterocycles. The Kier molecular flexibility index (Phi) is 7.31. The van der Waals surface area contributed by atoms with Crippen LogP contribution < -0.4 is 9.47 Å². The van der Waals surface area contributed by atoms with Crippen LogP contribution in [-0.4, -0.2) is 21.6 Å². The Bertz CT molecular complexity index is 709. The molecule has 0 spiro atoms. The summed E-state index contributed by atoms with van der Waals surface area (Å²) >= 11 is 0. The third-order valence-electron chi connectivity index (χ3n) is 3.79. The van der Waals surface area contributed by atoms with Crippen molar-refractivity contribution in [2.45, 2.75) is 49.3 Å². The van der Waals surface area contributed by atoms with Crippen LogP contribution in [0, 0.1) is 0 Å². The second-order valence-corrected chi connectivity index (χ2v) is 7.69. The molecule has 0 fully saturated rings. The van der Waals surface area contributed by atoms with Gasteiger partial charge >= 0.3 is 0 Å². The number of benzene rings is 2. The highest BCUT2D eigenvalue weighted by atomic mass is 32.2. The van der Waals surface area contributed by atoms with E-state index in [9.17, 15) is 8.42 Å². The van der Waals surface area contributed by atoms with E-state index in [1.165, 1.54) is 0 Å². The highest BCUT2D eigenvalue weighted by Gasteiger charge is 2.25. The summed E-state index contributed by atoms with van der Waals surface area (Å²) in [5.74, 6) is 0.777. The standard InChI is InChI=1S/C20H26O4S/c1-3-5-15-23-17-11-7-9-13-19(17)25(21,22)20-14-10-8-12-18(20)24-16-6-4-2/h7-14H,3-6,15-16H2,1-2H3. The van der Waals surface area contributed by atoms with Crippen molar-refractivity contribution in [2.24, 2.45) is 0 Å². The minimum Gasteiger partial charge on any atom is -0.492 e. The second kappa shape index (κ2) is 9.47. The summed E-state index contributed by atoms with van der Waals surface area (Å²) in [6.45, 7) is 5.13. The first-order valence-electron chi connectivity index (χ1n) is 8.80. The summed E-state index contributed by atoms with van der Waals surface area (Å²) in [7, 11) is -3.72. The lowest BCUT2D eigenvalue weighted by atomic mass is 10.3. The van der Waals surface area contributed by atoms with Crippen molar-refractivity contribution in [3.05, 3.63) is 48.5 Å². The lowest BCUT2D eigenvalue weighted by molar-refractivity contribution is 0.299. The third kappa shape index (κ3) is 4.98. The minimum atomic E-state index is -3.72. The summed E-state index contributed by atoms with van der Waals surface area (Å²) in [6, 6.07) is 13.5. The number of sulfone groups is 1. The van der Waals surface area contributed by atoms with Gasteiger partial charge in [0.05, 0.1) is 13.2 Å². The zero-order valence-electron chi connectivity index (χ0n) is 14.9. The van der Waals surface area contributed by atoms with Crippen molar-refractivity contribution < 1.29 is 17.9 Å². The topological polar surface area (TPSA) is 52.6 Å². The molecule has 0 bridgehead atoms. The van der Waals surface area contributed by atoms with E-state index in [0.29, 0.717) is 24.7 Å². The van der Waals surface area contributed by atoms with E-state index in [4.69, 9.17) is 9.47 Å². The monoisotopic (exact) mass is 362 g/mol. The van der Waals surface area contributed by atoms with Crippen molar-refractivity contribution in [2.75, 3.05) is 13.2 Å². The summed E-state index contributed by atoms with van der Waals surface area (Å²) in [4.78, 5) is 0.357. The molecule has 0 aliphatic carbocycles. The van der Waals surface area contributed by atoms with E-state index in [-0.39, 0.29) is 9.79 Å². The lowest BCUT2D eigenvalue weighted by Crippen LogP contribution is -2.09. The molecule has 0 saturated carbocycles. The lowest BCUT2D eigenvalue weighted by Gasteiger charge is -2.14. The van der Waals surface area contributed by atoms with Crippen LogP contribution in [-0.2, 0) is 9.84 Å². The molecule has 2 aromatic rings. The zero-order chi connectivity index (χ0) is 18.1. The van der Waals surface area contributed by atoms with Crippen LogP contribution in [0.4, 0.5) is 0 Å². The van der Waals surface area contributed by atoms with Gasteiger partial charge in [-0.25, -0.2) is 8.42 Å². The van der Waals surface area contributed by atoms with E-state index in [1.54, 1.807) is 48.5 Å². The summed E-state index contributed by atoms with van der Waals surface area (Å²) < 4.78 is 37.8.